The fourth-order valence-electron chi connectivity index (χ4n) is 0.917. The molecule has 6 heteroatoms. The molecule has 0 fully saturated rings. The van der Waals surface area contributed by atoms with E-state index in [9.17, 15) is 4.79 Å². The topological polar surface area (TPSA) is 118 Å². The van der Waals surface area contributed by atoms with Crippen LogP contribution in [0.15, 0.2) is 0 Å². The van der Waals surface area contributed by atoms with Crippen LogP contribution in [0.25, 0.3) is 0 Å². The van der Waals surface area contributed by atoms with Crippen LogP contribution in [0.5, 0.6) is 0 Å². The maximum absolute atomic E-state index is 10.2. The highest BCUT2D eigenvalue weighted by Crippen LogP contribution is 2.18. The predicted molar refractivity (Wildman–Crippen MR) is 66.9 cm³/mol. The first-order valence-electron chi connectivity index (χ1n) is 5.99. The Balaban J connectivity index is 0. The molecule has 5 N–H and O–H groups in total. The molecule has 0 heterocycles. The van der Waals surface area contributed by atoms with Crippen molar-refractivity contribution < 1.29 is 30.3 Å². The Morgan fingerprint density at radius 3 is 1.17 bits per heavy atom. The largest absolute Gasteiger partial charge is 0.396 e. The lowest BCUT2D eigenvalue weighted by molar-refractivity contribution is -0.121. The number of aliphatic hydroxyl groups excluding tert-OH is 5. The monoisotopic (exact) mass is 266 g/mol. The maximum Gasteiger partial charge on any atom is 0.130 e. The molecule has 0 aliphatic carbocycles. The molecule has 0 aliphatic heterocycles. The quantitative estimate of drug-likeness (QED) is 0.357. The summed E-state index contributed by atoms with van der Waals surface area (Å²) >= 11 is 0. The summed E-state index contributed by atoms with van der Waals surface area (Å²) in [6.45, 7) is 2.56. The third-order valence-corrected chi connectivity index (χ3v) is 3.34. The summed E-state index contributed by atoms with van der Waals surface area (Å²) in [6.07, 6.45) is 1.67. The summed E-state index contributed by atoms with van der Waals surface area (Å²) in [6, 6.07) is 0. The zero-order valence-corrected chi connectivity index (χ0v) is 11.2. The van der Waals surface area contributed by atoms with Gasteiger partial charge in [0.25, 0.3) is 0 Å². The Hall–Kier alpha value is -0.530. The van der Waals surface area contributed by atoms with E-state index in [1.165, 1.54) is 0 Å². The Labute approximate surface area is 108 Å². The summed E-state index contributed by atoms with van der Waals surface area (Å²) in [5, 5.41) is 43.1. The first-order valence-corrected chi connectivity index (χ1v) is 5.99. The number of hydrogen-bond acceptors (Lipinski definition) is 6. The molecule has 0 aromatic carbocycles. The first kappa shape index (κ1) is 19.8. The second kappa shape index (κ2) is 10.4. The third kappa shape index (κ3) is 5.88. The van der Waals surface area contributed by atoms with Gasteiger partial charge in [-0.25, -0.2) is 0 Å². The number of rotatable bonds is 8. The molecule has 0 aromatic rings. The van der Waals surface area contributed by atoms with Gasteiger partial charge in [0.1, 0.15) is 6.29 Å². The Morgan fingerprint density at radius 1 is 0.778 bits per heavy atom. The highest BCUT2D eigenvalue weighted by molar-refractivity contribution is 5.59. The molecule has 110 valence electrons. The SMILES string of the molecule is CCC(C=O)(CO)CO.CCC(CO)(CO)CO. The molecule has 0 spiro atoms. The van der Waals surface area contributed by atoms with Crippen LogP contribution in [0.3, 0.4) is 0 Å². The van der Waals surface area contributed by atoms with Gasteiger partial charge in [0, 0.05) is 5.41 Å². The zero-order chi connectivity index (χ0) is 14.7. The molecule has 0 aromatic heterocycles. The van der Waals surface area contributed by atoms with Crippen LogP contribution in [-0.2, 0) is 4.79 Å². The van der Waals surface area contributed by atoms with E-state index >= 15 is 0 Å². The molecule has 0 saturated heterocycles. The molecule has 0 bridgehead atoms. The molecule has 0 rings (SSSR count). The van der Waals surface area contributed by atoms with E-state index in [0.717, 1.165) is 0 Å². The van der Waals surface area contributed by atoms with Gasteiger partial charge in [-0.3, -0.25) is 0 Å². The fraction of sp³-hybridized carbons (Fsp3) is 0.917. The van der Waals surface area contributed by atoms with Gasteiger partial charge in [0.2, 0.25) is 0 Å². The molecule has 0 radical (unpaired) electrons. The summed E-state index contributed by atoms with van der Waals surface area (Å²) in [5.74, 6) is 0. The Kier molecular flexibility index (Phi) is 11.4. The molecule has 0 atom stereocenters. The smallest absolute Gasteiger partial charge is 0.130 e. The first-order chi connectivity index (χ1) is 8.49. The standard InChI is InChI=1S/C6H14O3.C6H12O3/c2*1-2-6(3-7,4-8)5-9/h7-9H,2-5H2,1H3;3,8-9H,2,4-5H2,1H3. The average Bonchev–Trinajstić information content (AvgIpc) is 2.46. The van der Waals surface area contributed by atoms with Crippen molar-refractivity contribution in [2.24, 2.45) is 10.8 Å². The lowest BCUT2D eigenvalue weighted by atomic mass is 9.88. The van der Waals surface area contributed by atoms with Gasteiger partial charge in [-0.15, -0.1) is 0 Å². The normalized spacial score (nSPS) is 11.7. The summed E-state index contributed by atoms with van der Waals surface area (Å²) in [7, 11) is 0. The number of aliphatic hydroxyl groups is 5. The molecule has 6 nitrogen and oxygen atoms in total. The molecule has 18 heavy (non-hydrogen) atoms. The van der Waals surface area contributed by atoms with Gasteiger partial charge in [-0.1, -0.05) is 13.8 Å². The average molecular weight is 266 g/mol. The van der Waals surface area contributed by atoms with Crippen molar-refractivity contribution in [3.8, 4) is 0 Å². The Bertz CT molecular complexity index is 173. The van der Waals surface area contributed by atoms with Crippen LogP contribution >= 0.6 is 0 Å². The lowest BCUT2D eigenvalue weighted by Gasteiger charge is -2.24. The van der Waals surface area contributed by atoms with Crippen LogP contribution in [0.1, 0.15) is 26.7 Å². The maximum atomic E-state index is 10.2. The van der Waals surface area contributed by atoms with Crippen molar-refractivity contribution in [2.75, 3.05) is 33.0 Å². The molecular weight excluding hydrogens is 240 g/mol. The summed E-state index contributed by atoms with van der Waals surface area (Å²) in [4.78, 5) is 10.2. The fourth-order valence-corrected chi connectivity index (χ4v) is 0.917. The molecule has 0 amide bonds. The van der Waals surface area contributed by atoms with E-state index in [1.807, 2.05) is 6.92 Å². The van der Waals surface area contributed by atoms with Gasteiger partial charge in [-0.2, -0.15) is 0 Å². The minimum Gasteiger partial charge on any atom is -0.396 e. The van der Waals surface area contributed by atoms with Crippen LogP contribution in [0.2, 0.25) is 0 Å². The van der Waals surface area contributed by atoms with Gasteiger partial charge in [0.05, 0.1) is 38.4 Å². The second-order valence-corrected chi connectivity index (χ2v) is 4.48. The van der Waals surface area contributed by atoms with E-state index < -0.39 is 10.8 Å². The minimum absolute atomic E-state index is 0.156. The van der Waals surface area contributed by atoms with Gasteiger partial charge >= 0.3 is 0 Å². The predicted octanol–water partition coefficient (Wildman–Crippen LogP) is -1.07. The number of aldehydes is 1. The van der Waals surface area contributed by atoms with Crippen molar-refractivity contribution in [1.82, 2.24) is 0 Å². The van der Waals surface area contributed by atoms with Crippen molar-refractivity contribution in [3.63, 3.8) is 0 Å². The van der Waals surface area contributed by atoms with Crippen molar-refractivity contribution in [3.05, 3.63) is 0 Å². The number of hydrogen-bond donors (Lipinski definition) is 5. The van der Waals surface area contributed by atoms with Crippen LogP contribution in [0.4, 0.5) is 0 Å². The van der Waals surface area contributed by atoms with Crippen molar-refractivity contribution in [2.45, 2.75) is 26.7 Å². The van der Waals surface area contributed by atoms with Crippen molar-refractivity contribution >= 4 is 6.29 Å². The van der Waals surface area contributed by atoms with E-state index in [2.05, 4.69) is 0 Å². The number of carbonyl (C=O) groups is 1. The van der Waals surface area contributed by atoms with Crippen LogP contribution in [0, 0.1) is 10.8 Å². The molecule has 0 saturated carbocycles. The number of carbonyl (C=O) groups excluding carboxylic acids is 1. The summed E-state index contributed by atoms with van der Waals surface area (Å²) in [5.41, 5.74) is -1.57. The lowest BCUT2D eigenvalue weighted by Crippen LogP contribution is -2.32. The van der Waals surface area contributed by atoms with E-state index in [-0.39, 0.29) is 33.0 Å². The van der Waals surface area contributed by atoms with E-state index in [4.69, 9.17) is 25.5 Å². The summed E-state index contributed by atoms with van der Waals surface area (Å²) < 4.78 is 0. The highest BCUT2D eigenvalue weighted by Gasteiger charge is 2.25. The van der Waals surface area contributed by atoms with Gasteiger partial charge in [0.15, 0.2) is 0 Å². The van der Waals surface area contributed by atoms with Crippen LogP contribution < -0.4 is 0 Å². The van der Waals surface area contributed by atoms with Gasteiger partial charge in [-0.05, 0) is 12.8 Å². The third-order valence-electron chi connectivity index (χ3n) is 3.34. The zero-order valence-electron chi connectivity index (χ0n) is 11.2. The second-order valence-electron chi connectivity index (χ2n) is 4.48. The molecular formula is C12H26O6. The van der Waals surface area contributed by atoms with E-state index in [1.54, 1.807) is 6.92 Å². The minimum atomic E-state index is -0.903. The highest BCUT2D eigenvalue weighted by atomic mass is 16.3. The van der Waals surface area contributed by atoms with Gasteiger partial charge < -0.3 is 30.3 Å². The van der Waals surface area contributed by atoms with Crippen molar-refractivity contribution in [1.29, 1.82) is 0 Å². The molecule has 0 aliphatic rings. The van der Waals surface area contributed by atoms with E-state index in [0.29, 0.717) is 19.1 Å². The molecule has 0 unspecified atom stereocenters. The van der Waals surface area contributed by atoms with Crippen LogP contribution in [-0.4, -0.2) is 64.9 Å². The Morgan fingerprint density at radius 2 is 1.17 bits per heavy atom.